The molecule has 0 saturated carbocycles. The van der Waals surface area contributed by atoms with Crippen LogP contribution in [0.5, 0.6) is 0 Å². The van der Waals surface area contributed by atoms with Gasteiger partial charge in [-0.3, -0.25) is 9.59 Å². The van der Waals surface area contributed by atoms with E-state index in [2.05, 4.69) is 10.6 Å². The standard InChI is InChI=1S/C33H42FN3O3/c1-5-14-37(15-6-2)33(40)28-17-23(3)16-27(20-28)32(39)36-30(19-26-12-13-29(34)24(4)18-26)31(38)22-35-21-25-10-8-7-9-11-25/h7-13,16-18,20,30-31,35,38H,5-6,14-15,19,21-22H2,1-4H3,(H,36,39)/t30-,31+/m0/s1. The van der Waals surface area contributed by atoms with E-state index < -0.39 is 12.1 Å². The SMILES string of the molecule is CCCN(CCC)C(=O)c1cc(C)cc(C(=O)N[C@@H](Cc2ccc(F)c(C)c2)[C@H](O)CNCc2ccccc2)c1. The van der Waals surface area contributed by atoms with Crippen LogP contribution in [0, 0.1) is 19.7 Å². The summed E-state index contributed by atoms with van der Waals surface area (Å²) in [5.74, 6) is -0.766. The van der Waals surface area contributed by atoms with Crippen LogP contribution in [0.1, 0.15) is 69.7 Å². The quantitative estimate of drug-likeness (QED) is 0.259. The number of aliphatic hydroxyl groups is 1. The van der Waals surface area contributed by atoms with Crippen LogP contribution in [0.4, 0.5) is 4.39 Å². The zero-order valence-electron chi connectivity index (χ0n) is 24.0. The minimum absolute atomic E-state index is 0.0927. The summed E-state index contributed by atoms with van der Waals surface area (Å²) >= 11 is 0. The number of amides is 2. The third-order valence-corrected chi connectivity index (χ3v) is 6.85. The number of nitrogens with zero attached hydrogens (tertiary/aromatic N) is 1. The molecule has 0 heterocycles. The lowest BCUT2D eigenvalue weighted by Crippen LogP contribution is -2.48. The van der Waals surface area contributed by atoms with Crippen molar-refractivity contribution >= 4 is 11.8 Å². The van der Waals surface area contributed by atoms with Crippen molar-refractivity contribution in [2.24, 2.45) is 0 Å². The third-order valence-electron chi connectivity index (χ3n) is 6.85. The smallest absolute Gasteiger partial charge is 0.253 e. The second-order valence-electron chi connectivity index (χ2n) is 10.4. The summed E-state index contributed by atoms with van der Waals surface area (Å²) in [5, 5.41) is 17.4. The summed E-state index contributed by atoms with van der Waals surface area (Å²) in [4.78, 5) is 28.5. The number of aliphatic hydroxyl groups excluding tert-OH is 1. The highest BCUT2D eigenvalue weighted by Gasteiger charge is 2.24. The molecule has 0 radical (unpaired) electrons. The Morgan fingerprint density at radius 2 is 1.57 bits per heavy atom. The van der Waals surface area contributed by atoms with Crippen LogP contribution < -0.4 is 10.6 Å². The molecule has 3 aromatic carbocycles. The highest BCUT2D eigenvalue weighted by Crippen LogP contribution is 2.16. The van der Waals surface area contributed by atoms with Gasteiger partial charge in [-0.25, -0.2) is 4.39 Å². The fraction of sp³-hybridized carbons (Fsp3) is 0.394. The normalized spacial score (nSPS) is 12.6. The van der Waals surface area contributed by atoms with E-state index in [0.29, 0.717) is 42.7 Å². The minimum Gasteiger partial charge on any atom is -0.390 e. The van der Waals surface area contributed by atoms with Crippen molar-refractivity contribution in [1.29, 1.82) is 0 Å². The molecule has 7 heteroatoms. The van der Waals surface area contributed by atoms with E-state index in [-0.39, 0.29) is 24.2 Å². The van der Waals surface area contributed by atoms with E-state index in [1.54, 1.807) is 37.3 Å². The van der Waals surface area contributed by atoms with Crippen molar-refractivity contribution in [3.8, 4) is 0 Å². The molecule has 0 aliphatic rings. The van der Waals surface area contributed by atoms with Gasteiger partial charge in [0, 0.05) is 37.3 Å². The first-order chi connectivity index (χ1) is 19.2. The first kappa shape index (κ1) is 31.0. The van der Waals surface area contributed by atoms with Gasteiger partial charge >= 0.3 is 0 Å². The van der Waals surface area contributed by atoms with Gasteiger partial charge in [-0.15, -0.1) is 0 Å². The van der Waals surface area contributed by atoms with E-state index in [1.165, 1.54) is 6.07 Å². The first-order valence-electron chi connectivity index (χ1n) is 14.1. The average molecular weight is 548 g/mol. The van der Waals surface area contributed by atoms with Crippen LogP contribution in [0.25, 0.3) is 0 Å². The molecule has 3 rings (SSSR count). The monoisotopic (exact) mass is 547 g/mol. The highest BCUT2D eigenvalue weighted by atomic mass is 19.1. The summed E-state index contributed by atoms with van der Waals surface area (Å²) in [6.07, 6.45) is 1.12. The number of carbonyl (C=O) groups excluding carboxylic acids is 2. The molecule has 0 fully saturated rings. The van der Waals surface area contributed by atoms with Crippen molar-refractivity contribution in [3.63, 3.8) is 0 Å². The summed E-state index contributed by atoms with van der Waals surface area (Å²) in [6.45, 7) is 9.76. The van der Waals surface area contributed by atoms with Crippen molar-refractivity contribution < 1.29 is 19.1 Å². The van der Waals surface area contributed by atoms with Crippen molar-refractivity contribution in [3.05, 3.63) is 106 Å². The molecule has 0 unspecified atom stereocenters. The largest absolute Gasteiger partial charge is 0.390 e. The molecule has 0 bridgehead atoms. The Morgan fingerprint density at radius 1 is 0.900 bits per heavy atom. The summed E-state index contributed by atoms with van der Waals surface area (Å²) in [6, 6.07) is 19.2. The number of aryl methyl sites for hydroxylation is 2. The van der Waals surface area contributed by atoms with E-state index in [0.717, 1.165) is 29.5 Å². The predicted molar refractivity (Wildman–Crippen MR) is 158 cm³/mol. The van der Waals surface area contributed by atoms with Gasteiger partial charge in [0.1, 0.15) is 5.82 Å². The fourth-order valence-corrected chi connectivity index (χ4v) is 4.80. The Balaban J connectivity index is 1.80. The molecule has 40 heavy (non-hydrogen) atoms. The van der Waals surface area contributed by atoms with Gasteiger partial charge in [0.2, 0.25) is 0 Å². The zero-order valence-corrected chi connectivity index (χ0v) is 24.0. The van der Waals surface area contributed by atoms with Crippen LogP contribution in [0.15, 0.2) is 66.7 Å². The van der Waals surface area contributed by atoms with Gasteiger partial charge in [-0.1, -0.05) is 56.3 Å². The van der Waals surface area contributed by atoms with Gasteiger partial charge in [0.25, 0.3) is 11.8 Å². The lowest BCUT2D eigenvalue weighted by molar-refractivity contribution is 0.0755. The molecule has 0 aliphatic carbocycles. The van der Waals surface area contributed by atoms with E-state index in [9.17, 15) is 19.1 Å². The molecule has 2 atom stereocenters. The molecular formula is C33H42FN3O3. The number of benzene rings is 3. The number of hydrogen-bond donors (Lipinski definition) is 3. The summed E-state index contributed by atoms with van der Waals surface area (Å²) < 4.78 is 13.9. The fourth-order valence-electron chi connectivity index (χ4n) is 4.80. The highest BCUT2D eigenvalue weighted by molar-refractivity contribution is 6.00. The number of carbonyl (C=O) groups is 2. The number of halogens is 1. The van der Waals surface area contributed by atoms with Gasteiger partial charge in [0.15, 0.2) is 0 Å². The molecular weight excluding hydrogens is 505 g/mol. The lowest BCUT2D eigenvalue weighted by atomic mass is 9.98. The number of nitrogens with one attached hydrogen (secondary N) is 2. The van der Waals surface area contributed by atoms with Crippen molar-refractivity contribution in [2.75, 3.05) is 19.6 Å². The number of hydrogen-bond acceptors (Lipinski definition) is 4. The van der Waals surface area contributed by atoms with Gasteiger partial charge in [0.05, 0.1) is 12.1 Å². The van der Waals surface area contributed by atoms with E-state index in [1.807, 2.05) is 56.0 Å². The van der Waals surface area contributed by atoms with E-state index >= 15 is 0 Å². The zero-order chi connectivity index (χ0) is 29.1. The maximum Gasteiger partial charge on any atom is 0.253 e. The predicted octanol–water partition coefficient (Wildman–Crippen LogP) is 5.20. The molecule has 3 aromatic rings. The lowest BCUT2D eigenvalue weighted by Gasteiger charge is -2.26. The van der Waals surface area contributed by atoms with Gasteiger partial charge < -0.3 is 20.6 Å². The second kappa shape index (κ2) is 15.3. The molecule has 0 aromatic heterocycles. The van der Waals surface area contributed by atoms with Crippen LogP contribution >= 0.6 is 0 Å². The second-order valence-corrected chi connectivity index (χ2v) is 10.4. The Kier molecular flexibility index (Phi) is 11.8. The molecule has 2 amide bonds. The van der Waals surface area contributed by atoms with Crippen molar-refractivity contribution in [2.45, 2.75) is 65.6 Å². The molecule has 3 N–H and O–H groups in total. The van der Waals surface area contributed by atoms with Crippen LogP contribution in [-0.2, 0) is 13.0 Å². The molecule has 0 aliphatic heterocycles. The Hall–Kier alpha value is -3.55. The summed E-state index contributed by atoms with van der Waals surface area (Å²) in [7, 11) is 0. The average Bonchev–Trinajstić information content (AvgIpc) is 2.94. The Bertz CT molecular complexity index is 1260. The first-order valence-corrected chi connectivity index (χ1v) is 14.1. The Morgan fingerprint density at radius 3 is 2.23 bits per heavy atom. The molecule has 214 valence electrons. The maximum atomic E-state index is 13.9. The topological polar surface area (TPSA) is 81.7 Å². The van der Waals surface area contributed by atoms with E-state index in [4.69, 9.17) is 0 Å². The third kappa shape index (κ3) is 9.00. The summed E-state index contributed by atoms with van der Waals surface area (Å²) in [5.41, 5.74) is 4.04. The molecule has 0 saturated heterocycles. The molecule has 6 nitrogen and oxygen atoms in total. The number of rotatable bonds is 14. The van der Waals surface area contributed by atoms with Crippen LogP contribution in [0.3, 0.4) is 0 Å². The Labute approximate surface area is 237 Å². The van der Waals surface area contributed by atoms with Crippen LogP contribution in [-0.4, -0.2) is 53.6 Å². The maximum absolute atomic E-state index is 13.9. The molecule has 0 spiro atoms. The van der Waals surface area contributed by atoms with Crippen molar-refractivity contribution in [1.82, 2.24) is 15.5 Å². The van der Waals surface area contributed by atoms with Gasteiger partial charge in [-0.05, 0) is 79.6 Å². The minimum atomic E-state index is -0.909. The van der Waals surface area contributed by atoms with Gasteiger partial charge in [-0.2, -0.15) is 0 Å². The van der Waals surface area contributed by atoms with Crippen LogP contribution in [0.2, 0.25) is 0 Å².